The molecule has 1 N–H and O–H groups in total. The number of carbonyl (C=O) groups is 1. The highest BCUT2D eigenvalue weighted by atomic mass is 16.5. The molecule has 0 spiro atoms. The van der Waals surface area contributed by atoms with E-state index in [4.69, 9.17) is 9.72 Å². The molecule has 2 aliphatic rings. The summed E-state index contributed by atoms with van der Waals surface area (Å²) in [6.45, 7) is 6.02. The van der Waals surface area contributed by atoms with Crippen LogP contribution < -0.4 is 5.32 Å². The quantitative estimate of drug-likeness (QED) is 0.397. The van der Waals surface area contributed by atoms with Gasteiger partial charge in [-0.3, -0.25) is 9.48 Å². The third-order valence-electron chi connectivity index (χ3n) is 7.09. The fourth-order valence-electron chi connectivity index (χ4n) is 5.06. The summed E-state index contributed by atoms with van der Waals surface area (Å²) < 4.78 is 11.2. The van der Waals surface area contributed by atoms with Crippen molar-refractivity contribution in [2.45, 2.75) is 64.7 Å². The van der Waals surface area contributed by atoms with Gasteiger partial charge >= 0.3 is 0 Å². The van der Waals surface area contributed by atoms with Crippen molar-refractivity contribution in [3.63, 3.8) is 0 Å². The van der Waals surface area contributed by atoms with Crippen molar-refractivity contribution in [2.24, 2.45) is 7.05 Å². The van der Waals surface area contributed by atoms with E-state index in [1.54, 1.807) is 13.4 Å². The number of carbonyl (C=O) groups excluding carboxylic acids is 1. The fraction of sp³-hybridized carbons (Fsp3) is 0.520. The summed E-state index contributed by atoms with van der Waals surface area (Å²) in [6, 6.07) is 4.81. The van der Waals surface area contributed by atoms with E-state index < -0.39 is 0 Å². The molecule has 2 aliphatic carbocycles. The van der Waals surface area contributed by atoms with Crippen molar-refractivity contribution in [1.82, 2.24) is 33.8 Å². The van der Waals surface area contributed by atoms with E-state index in [-0.39, 0.29) is 5.91 Å². The van der Waals surface area contributed by atoms with Gasteiger partial charge in [-0.15, -0.1) is 0 Å². The number of methoxy groups -OCH3 is 1. The lowest BCUT2D eigenvalue weighted by Crippen LogP contribution is -2.36. The van der Waals surface area contributed by atoms with Gasteiger partial charge in [0.15, 0.2) is 11.6 Å². The van der Waals surface area contributed by atoms with Crippen molar-refractivity contribution >= 4 is 39.6 Å². The summed E-state index contributed by atoms with van der Waals surface area (Å²) >= 11 is 0. The molecule has 4 heterocycles. The normalized spacial score (nSPS) is 15.9. The number of anilines is 2. The van der Waals surface area contributed by atoms with E-state index >= 15 is 0 Å². The molecule has 0 saturated heterocycles. The largest absolute Gasteiger partial charge is 0.383 e. The Balaban J connectivity index is 1.45. The Morgan fingerprint density at radius 3 is 2.63 bits per heavy atom. The lowest BCUT2D eigenvalue weighted by Gasteiger charge is -2.22. The lowest BCUT2D eigenvalue weighted by atomic mass is 10.2. The first-order chi connectivity index (χ1) is 17.0. The molecule has 0 atom stereocenters. The second kappa shape index (κ2) is 8.37. The number of hydrogen-bond donors (Lipinski definition) is 1. The highest BCUT2D eigenvalue weighted by Crippen LogP contribution is 2.39. The number of rotatable bonds is 9. The highest BCUT2D eigenvalue weighted by Gasteiger charge is 2.43. The van der Waals surface area contributed by atoms with E-state index in [1.165, 1.54) is 0 Å². The van der Waals surface area contributed by atoms with Gasteiger partial charge < -0.3 is 24.1 Å². The van der Waals surface area contributed by atoms with E-state index in [1.807, 2.05) is 35.4 Å². The Kier molecular flexibility index (Phi) is 5.28. The molecule has 10 nitrogen and oxygen atoms in total. The van der Waals surface area contributed by atoms with E-state index in [0.717, 1.165) is 53.4 Å². The Morgan fingerprint density at radius 1 is 1.23 bits per heavy atom. The van der Waals surface area contributed by atoms with Gasteiger partial charge in [0.2, 0.25) is 0 Å². The van der Waals surface area contributed by atoms with E-state index in [9.17, 15) is 4.79 Å². The van der Waals surface area contributed by atoms with Gasteiger partial charge in [0.1, 0.15) is 16.9 Å². The van der Waals surface area contributed by atoms with Crippen LogP contribution >= 0.6 is 0 Å². The minimum atomic E-state index is 0.132. The van der Waals surface area contributed by atoms with Crippen molar-refractivity contribution < 1.29 is 9.53 Å². The van der Waals surface area contributed by atoms with Gasteiger partial charge in [0.05, 0.1) is 25.0 Å². The van der Waals surface area contributed by atoms with Crippen molar-refractivity contribution in [1.29, 1.82) is 0 Å². The van der Waals surface area contributed by atoms with Crippen LogP contribution in [0.2, 0.25) is 0 Å². The van der Waals surface area contributed by atoms with Crippen LogP contribution in [0.5, 0.6) is 0 Å². The zero-order valence-corrected chi connectivity index (χ0v) is 20.8. The smallest absolute Gasteiger partial charge is 0.271 e. The van der Waals surface area contributed by atoms with Crippen molar-refractivity contribution in [3.05, 3.63) is 29.8 Å². The zero-order chi connectivity index (χ0) is 24.3. The molecule has 6 rings (SSSR count). The van der Waals surface area contributed by atoms with Crippen molar-refractivity contribution in [2.75, 3.05) is 19.0 Å². The third kappa shape index (κ3) is 3.76. The summed E-state index contributed by atoms with van der Waals surface area (Å²) in [4.78, 5) is 25.5. The molecule has 0 unspecified atom stereocenters. The first-order valence-corrected chi connectivity index (χ1v) is 12.5. The highest BCUT2D eigenvalue weighted by molar-refractivity contribution is 6.10. The first-order valence-electron chi connectivity index (χ1n) is 12.5. The minimum Gasteiger partial charge on any atom is -0.383 e. The van der Waals surface area contributed by atoms with Gasteiger partial charge in [-0.2, -0.15) is 5.10 Å². The number of ether oxygens (including phenoxy) is 1. The van der Waals surface area contributed by atoms with Gasteiger partial charge in [-0.25, -0.2) is 9.97 Å². The van der Waals surface area contributed by atoms with Crippen LogP contribution in [0.15, 0.2) is 18.5 Å². The molecule has 0 aliphatic heterocycles. The molecule has 0 bridgehead atoms. The molecular weight excluding hydrogens is 444 g/mol. The van der Waals surface area contributed by atoms with Gasteiger partial charge in [0, 0.05) is 49.9 Å². The maximum absolute atomic E-state index is 13.7. The SMILES string of the molecule is CCn1c(C(=O)N(C2CC2)C2CC2)cc2c3c(ncn3C)c(Nc3cc(C)n(CCOC)n3)nc21. The molecular formula is C25H32N8O2. The zero-order valence-electron chi connectivity index (χ0n) is 20.8. The number of aromatic nitrogens is 6. The second-order valence-electron chi connectivity index (χ2n) is 9.71. The van der Waals surface area contributed by atoms with Crippen LogP contribution in [0.3, 0.4) is 0 Å². The number of pyridine rings is 1. The second-order valence-corrected chi connectivity index (χ2v) is 9.71. The molecule has 184 valence electrons. The van der Waals surface area contributed by atoms with Crippen molar-refractivity contribution in [3.8, 4) is 0 Å². The molecule has 10 heteroatoms. The van der Waals surface area contributed by atoms with Crippen LogP contribution in [-0.2, 0) is 24.9 Å². The van der Waals surface area contributed by atoms with Gasteiger partial charge in [0.25, 0.3) is 5.91 Å². The van der Waals surface area contributed by atoms with Crippen LogP contribution in [0, 0.1) is 6.92 Å². The van der Waals surface area contributed by atoms with Crippen LogP contribution in [0.25, 0.3) is 22.1 Å². The molecule has 35 heavy (non-hydrogen) atoms. The maximum Gasteiger partial charge on any atom is 0.271 e. The maximum atomic E-state index is 13.7. The minimum absolute atomic E-state index is 0.132. The lowest BCUT2D eigenvalue weighted by molar-refractivity contribution is 0.0719. The van der Waals surface area contributed by atoms with E-state index in [2.05, 4.69) is 31.8 Å². The third-order valence-corrected chi connectivity index (χ3v) is 7.09. The Morgan fingerprint density at radius 2 is 1.97 bits per heavy atom. The summed E-state index contributed by atoms with van der Waals surface area (Å²) in [7, 11) is 3.67. The summed E-state index contributed by atoms with van der Waals surface area (Å²) in [5.74, 6) is 1.47. The Labute approximate surface area is 203 Å². The molecule has 2 fully saturated rings. The standard InChI is InChI=1S/C25H32N8O2/c1-5-31-19(25(34)33(16-6-7-16)17-8-9-17)13-18-22-21(26-14-30(22)3)23(28-24(18)31)27-20-12-15(2)32(29-20)10-11-35-4/h12-14,16-17H,5-11H2,1-4H3,(H,27,28,29). The predicted octanol–water partition coefficient (Wildman–Crippen LogP) is 3.60. The number of aryl methyl sites for hydroxylation is 3. The monoisotopic (exact) mass is 476 g/mol. The molecule has 0 radical (unpaired) electrons. The molecule has 1 amide bonds. The Bertz CT molecular complexity index is 1410. The number of nitrogens with zero attached hydrogens (tertiary/aromatic N) is 7. The predicted molar refractivity (Wildman–Crippen MR) is 134 cm³/mol. The average Bonchev–Trinajstić information content (AvgIpc) is 3.76. The summed E-state index contributed by atoms with van der Waals surface area (Å²) in [6.07, 6.45) is 6.25. The van der Waals surface area contributed by atoms with Crippen LogP contribution in [0.4, 0.5) is 11.6 Å². The molecule has 2 saturated carbocycles. The molecule has 4 aromatic heterocycles. The summed E-state index contributed by atoms with van der Waals surface area (Å²) in [5.41, 5.74) is 4.26. The number of fused-ring (bicyclic) bond motifs is 3. The first kappa shape index (κ1) is 22.1. The number of hydrogen-bond acceptors (Lipinski definition) is 6. The average molecular weight is 477 g/mol. The summed E-state index contributed by atoms with van der Waals surface area (Å²) in [5, 5.41) is 9.01. The van der Waals surface area contributed by atoms with Gasteiger partial charge in [-0.1, -0.05) is 0 Å². The van der Waals surface area contributed by atoms with Crippen LogP contribution in [0.1, 0.15) is 48.8 Å². The fourth-order valence-corrected chi connectivity index (χ4v) is 5.06. The van der Waals surface area contributed by atoms with Crippen LogP contribution in [-0.4, -0.2) is 65.5 Å². The molecule has 4 aromatic rings. The Hall–Kier alpha value is -3.40. The number of amides is 1. The molecule has 0 aromatic carbocycles. The number of imidazole rings is 1. The topological polar surface area (TPSA) is 95.0 Å². The van der Waals surface area contributed by atoms with E-state index in [0.29, 0.717) is 49.1 Å². The van der Waals surface area contributed by atoms with Gasteiger partial charge in [-0.05, 0) is 45.6 Å². The number of nitrogens with one attached hydrogen (secondary N) is 1.